The second-order valence-electron chi connectivity index (χ2n) is 16.6. The van der Waals surface area contributed by atoms with Crippen LogP contribution < -0.4 is 28.1 Å². The van der Waals surface area contributed by atoms with Crippen LogP contribution in [0, 0.1) is 11.3 Å². The number of fused-ring (bicyclic) bond motifs is 3. The topological polar surface area (TPSA) is 0 Å². The largest absolute Gasteiger partial charge is 1.00 e. The van der Waals surface area contributed by atoms with Crippen molar-refractivity contribution in [1.29, 1.82) is 0 Å². The van der Waals surface area contributed by atoms with Gasteiger partial charge in [0.2, 0.25) is 0 Å². The number of hydrogen-bond donors (Lipinski definition) is 0. The van der Waals surface area contributed by atoms with Crippen LogP contribution in [0.2, 0.25) is 0 Å². The Kier molecular flexibility index (Phi) is 13.8. The predicted octanol–water partition coefficient (Wildman–Crippen LogP) is 8.44. The molecule has 0 N–H and O–H groups in total. The summed E-state index contributed by atoms with van der Waals surface area (Å²) < 4.78 is 90.7. The van der Waals surface area contributed by atoms with E-state index in [4.69, 9.17) is 0 Å². The zero-order chi connectivity index (χ0) is 41.7. The van der Waals surface area contributed by atoms with Gasteiger partial charge in [-0.15, -0.1) is 0 Å². The third-order valence-corrected chi connectivity index (χ3v) is 19.5. The molecule has 6 aromatic carbocycles. The SMILES string of the molecule is CCCC1C=C(C(C)(C)C)C=[C]1[Zr+2](=[C](c1cccc(C(F)(F)F)c1)c1cccc(C(F)(F)F)c1)[c]1c(-c2ccccc2)ccc2c1Cc1cc(-c3ccccc3)ccc1-2.[Cl-].[Cl-]. The van der Waals surface area contributed by atoms with Gasteiger partial charge in [0.15, 0.2) is 0 Å². The van der Waals surface area contributed by atoms with Crippen LogP contribution in [-0.2, 0) is 40.0 Å². The second kappa shape index (κ2) is 18.2. The van der Waals surface area contributed by atoms with E-state index in [1.165, 1.54) is 12.1 Å². The Morgan fingerprint density at radius 2 is 1.13 bits per heavy atom. The molecule has 312 valence electrons. The quantitative estimate of drug-likeness (QED) is 0.134. The van der Waals surface area contributed by atoms with Crippen LogP contribution in [0.5, 0.6) is 0 Å². The molecule has 0 aliphatic heterocycles. The minimum Gasteiger partial charge on any atom is -1.00 e. The zero-order valence-corrected chi connectivity index (χ0v) is 38.1. The van der Waals surface area contributed by atoms with Gasteiger partial charge in [-0.25, -0.2) is 0 Å². The molecule has 6 aromatic rings. The van der Waals surface area contributed by atoms with Gasteiger partial charge < -0.3 is 24.8 Å². The van der Waals surface area contributed by atoms with Crippen molar-refractivity contribution in [3.8, 4) is 33.4 Å². The third kappa shape index (κ3) is 9.41. The maximum atomic E-state index is 14.6. The maximum absolute atomic E-state index is 14.6. The molecule has 0 spiro atoms. The number of benzene rings is 6. The van der Waals surface area contributed by atoms with E-state index < -0.39 is 44.7 Å². The van der Waals surface area contributed by atoms with Crippen LogP contribution in [-0.4, -0.2) is 3.21 Å². The van der Waals surface area contributed by atoms with Crippen LogP contribution in [0.3, 0.4) is 0 Å². The van der Waals surface area contributed by atoms with Gasteiger partial charge >= 0.3 is 352 Å². The van der Waals surface area contributed by atoms with Crippen molar-refractivity contribution in [2.75, 3.05) is 0 Å². The van der Waals surface area contributed by atoms with Gasteiger partial charge in [-0.05, 0) is 0 Å². The van der Waals surface area contributed by atoms with Gasteiger partial charge in [-0.3, -0.25) is 0 Å². The molecule has 0 fully saturated rings. The summed E-state index contributed by atoms with van der Waals surface area (Å²) in [5.74, 6) is -0.0248. The van der Waals surface area contributed by atoms with Gasteiger partial charge in [0.25, 0.3) is 0 Å². The number of rotatable bonds is 8. The van der Waals surface area contributed by atoms with E-state index in [0.29, 0.717) is 20.8 Å². The molecule has 0 nitrogen and oxygen atoms in total. The molecule has 0 saturated heterocycles. The van der Waals surface area contributed by atoms with E-state index >= 15 is 0 Å². The Hall–Kier alpha value is -4.29. The molecular formula is C52H44Cl2F6Zr. The molecule has 8 rings (SSSR count). The molecule has 9 heteroatoms. The van der Waals surface area contributed by atoms with Gasteiger partial charge in [0.1, 0.15) is 0 Å². The summed E-state index contributed by atoms with van der Waals surface area (Å²) in [6.07, 6.45) is -2.45. The molecule has 1 unspecified atom stereocenters. The van der Waals surface area contributed by atoms with Gasteiger partial charge in [0, 0.05) is 0 Å². The first-order valence-corrected chi connectivity index (χ1v) is 23.7. The van der Waals surface area contributed by atoms with Crippen LogP contribution in [0.15, 0.2) is 161 Å². The summed E-state index contributed by atoms with van der Waals surface area (Å²) in [5, 5.41) is 0. The zero-order valence-electron chi connectivity index (χ0n) is 34.2. The average molecular weight is 945 g/mol. The van der Waals surface area contributed by atoms with Gasteiger partial charge in [-0.1, -0.05) is 0 Å². The molecule has 0 aromatic heterocycles. The summed E-state index contributed by atoms with van der Waals surface area (Å²) in [7, 11) is 0. The standard InChI is InChI=1S/C25H17.C15H8F6.C12H19.2ClH.Zr/c1-3-7-18(8-4-1)20-11-13-24-22(15-20)17-23-16-21(12-14-25(23)24)19-9-5-2-6-10-19;16-14(17,18)12-5-1-3-10(8-12)7-11-4-2-6-13(9-11)15(19,20)21;1-5-6-10-7-8-11(9-10)12(2,3)4;;;/h1-15H,17H2;1-6,8-9H;8-10H,5-6H2,1-4H3;2*1H;/q;;;;;+2/p-2. The summed E-state index contributed by atoms with van der Waals surface area (Å²) in [6, 6.07) is 41.6. The minimum atomic E-state index is -4.65. The van der Waals surface area contributed by atoms with E-state index in [9.17, 15) is 26.3 Å². The van der Waals surface area contributed by atoms with Crippen molar-refractivity contribution in [3.63, 3.8) is 0 Å². The van der Waals surface area contributed by atoms with E-state index in [-0.39, 0.29) is 36.1 Å². The first kappa shape index (κ1) is 46.2. The third-order valence-electron chi connectivity index (χ3n) is 11.6. The van der Waals surface area contributed by atoms with Gasteiger partial charge in [-0.2, -0.15) is 0 Å². The number of allylic oxidation sites excluding steroid dienone is 4. The Labute approximate surface area is 374 Å². The number of halogens is 8. The Morgan fingerprint density at radius 1 is 0.590 bits per heavy atom. The monoisotopic (exact) mass is 942 g/mol. The van der Waals surface area contributed by atoms with Crippen LogP contribution >= 0.6 is 0 Å². The van der Waals surface area contributed by atoms with E-state index in [1.807, 2.05) is 36.4 Å². The Balaban J connectivity index is 0.00000311. The predicted molar refractivity (Wildman–Crippen MR) is 225 cm³/mol. The summed E-state index contributed by atoms with van der Waals surface area (Å²) in [5.41, 5.74) is 8.41. The minimum absolute atomic E-state index is 0. The van der Waals surface area contributed by atoms with Crippen molar-refractivity contribution in [2.45, 2.75) is 59.3 Å². The molecular weight excluding hydrogens is 901 g/mol. The van der Waals surface area contributed by atoms with Crippen molar-refractivity contribution >= 4 is 6.48 Å². The molecule has 0 saturated carbocycles. The van der Waals surface area contributed by atoms with E-state index in [1.54, 1.807) is 12.1 Å². The molecule has 1 atom stereocenters. The smallest absolute Gasteiger partial charge is 1.00 e. The Morgan fingerprint density at radius 3 is 1.67 bits per heavy atom. The second-order valence-corrected chi connectivity index (χ2v) is 22.3. The molecule has 0 radical (unpaired) electrons. The van der Waals surface area contributed by atoms with Crippen LogP contribution in [0.1, 0.15) is 73.9 Å². The fourth-order valence-electron chi connectivity index (χ4n) is 8.71. The first-order chi connectivity index (χ1) is 28.1. The summed E-state index contributed by atoms with van der Waals surface area (Å²) in [4.78, 5) is 0. The molecule has 0 heterocycles. The van der Waals surface area contributed by atoms with E-state index in [2.05, 4.69) is 94.4 Å². The molecule has 2 aliphatic rings. The molecule has 2 aliphatic carbocycles. The van der Waals surface area contributed by atoms with Crippen molar-refractivity contribution in [2.24, 2.45) is 11.3 Å². The first-order valence-electron chi connectivity index (χ1n) is 20.1. The van der Waals surface area contributed by atoms with E-state index in [0.717, 1.165) is 93.7 Å². The van der Waals surface area contributed by atoms with Crippen molar-refractivity contribution < 1.29 is 72.4 Å². The molecule has 0 bridgehead atoms. The van der Waals surface area contributed by atoms with Crippen molar-refractivity contribution in [3.05, 3.63) is 194 Å². The van der Waals surface area contributed by atoms with Gasteiger partial charge in [0.05, 0.1) is 0 Å². The normalized spacial score (nSPS) is 14.4. The maximum Gasteiger partial charge on any atom is -1.00 e. The Bertz CT molecular complexity index is 2590. The fraction of sp³-hybridized carbons (Fsp3) is 0.212. The van der Waals surface area contributed by atoms with Crippen LogP contribution in [0.4, 0.5) is 26.3 Å². The summed E-state index contributed by atoms with van der Waals surface area (Å²) in [6.45, 7) is 8.60. The number of alkyl halides is 6. The average Bonchev–Trinajstić information content (AvgIpc) is 3.81. The molecule has 0 amide bonds. The van der Waals surface area contributed by atoms with Crippen molar-refractivity contribution in [1.82, 2.24) is 0 Å². The van der Waals surface area contributed by atoms with Crippen LogP contribution in [0.25, 0.3) is 33.4 Å². The molecule has 61 heavy (non-hydrogen) atoms. The number of hydrogen-bond acceptors (Lipinski definition) is 0. The summed E-state index contributed by atoms with van der Waals surface area (Å²) >= 11 is -3.98. The fourth-order valence-corrected chi connectivity index (χ4v) is 17.6.